The van der Waals surface area contributed by atoms with Crippen LogP contribution in [0.2, 0.25) is 0 Å². The smallest absolute Gasteiger partial charge is 0.282 e. The molecule has 7 heteroatoms. The highest BCUT2D eigenvalue weighted by Gasteiger charge is 2.26. The molecule has 1 aliphatic rings. The molecule has 3 rings (SSSR count). The van der Waals surface area contributed by atoms with Gasteiger partial charge in [-0.1, -0.05) is 12.1 Å². The third-order valence-corrected chi connectivity index (χ3v) is 3.93. The number of hydrogen-bond donors (Lipinski definition) is 1. The topological polar surface area (TPSA) is 92.6 Å². The van der Waals surface area contributed by atoms with E-state index >= 15 is 0 Å². The number of anilines is 2. The lowest BCUT2D eigenvalue weighted by Gasteiger charge is -2.15. The summed E-state index contributed by atoms with van der Waals surface area (Å²) >= 11 is 0. The third-order valence-electron chi connectivity index (χ3n) is 3.93. The summed E-state index contributed by atoms with van der Waals surface area (Å²) in [5.41, 5.74) is 1.92. The van der Waals surface area contributed by atoms with Crippen LogP contribution in [0, 0.1) is 10.1 Å². The van der Waals surface area contributed by atoms with Gasteiger partial charge in [0.25, 0.3) is 11.6 Å². The van der Waals surface area contributed by atoms with Gasteiger partial charge < -0.3 is 10.2 Å². The molecule has 0 aromatic heterocycles. The number of nitrogens with zero attached hydrogens (tertiary/aromatic N) is 2. The minimum atomic E-state index is -0.588. The second-order valence-electron chi connectivity index (χ2n) is 5.39. The number of carbonyl (C=O) groups is 2. The molecule has 7 nitrogen and oxygen atoms in total. The summed E-state index contributed by atoms with van der Waals surface area (Å²) < 4.78 is 0. The first-order valence-corrected chi connectivity index (χ1v) is 7.49. The normalized spacial score (nSPS) is 12.9. The van der Waals surface area contributed by atoms with Gasteiger partial charge >= 0.3 is 0 Å². The molecule has 0 atom stereocenters. The summed E-state index contributed by atoms with van der Waals surface area (Å²) in [6.45, 7) is 2.49. The van der Waals surface area contributed by atoms with Crippen LogP contribution in [0.3, 0.4) is 0 Å². The van der Waals surface area contributed by atoms with E-state index in [0.29, 0.717) is 18.7 Å². The summed E-state index contributed by atoms with van der Waals surface area (Å²) in [4.78, 5) is 36.3. The molecule has 2 amide bonds. The number of likely N-dealkylation sites (N-methyl/N-ethyl adjacent to an activating group) is 1. The van der Waals surface area contributed by atoms with Crippen LogP contribution in [0.5, 0.6) is 0 Å². The fourth-order valence-electron chi connectivity index (χ4n) is 2.83. The number of hydrogen-bond acceptors (Lipinski definition) is 4. The van der Waals surface area contributed by atoms with E-state index in [1.807, 2.05) is 6.92 Å². The SMILES string of the molecule is CCN1C(=O)Cc2cc(NC(=O)c3ccccc3[N+](=O)[O-])ccc21. The van der Waals surface area contributed by atoms with Crippen LogP contribution >= 0.6 is 0 Å². The van der Waals surface area contributed by atoms with Crippen molar-refractivity contribution in [1.82, 2.24) is 0 Å². The largest absolute Gasteiger partial charge is 0.322 e. The fourth-order valence-corrected chi connectivity index (χ4v) is 2.83. The Hall–Kier alpha value is -3.22. The summed E-state index contributed by atoms with van der Waals surface area (Å²) in [7, 11) is 0. The van der Waals surface area contributed by atoms with Crippen LogP contribution in [0.1, 0.15) is 22.8 Å². The molecule has 0 radical (unpaired) electrons. The highest BCUT2D eigenvalue weighted by atomic mass is 16.6. The maximum Gasteiger partial charge on any atom is 0.282 e. The number of para-hydroxylation sites is 1. The number of amides is 2. The van der Waals surface area contributed by atoms with Crippen molar-refractivity contribution in [3.05, 3.63) is 63.7 Å². The van der Waals surface area contributed by atoms with Crippen LogP contribution in [-0.2, 0) is 11.2 Å². The highest BCUT2D eigenvalue weighted by Crippen LogP contribution is 2.31. The van der Waals surface area contributed by atoms with E-state index in [9.17, 15) is 19.7 Å². The first-order valence-electron chi connectivity index (χ1n) is 7.49. The molecule has 0 saturated heterocycles. The molecule has 0 saturated carbocycles. The maximum absolute atomic E-state index is 12.3. The lowest BCUT2D eigenvalue weighted by Crippen LogP contribution is -2.25. The van der Waals surface area contributed by atoms with E-state index in [0.717, 1.165) is 11.3 Å². The molecule has 0 aliphatic carbocycles. The van der Waals surface area contributed by atoms with Crippen LogP contribution in [0.4, 0.5) is 17.1 Å². The van der Waals surface area contributed by atoms with Gasteiger partial charge in [-0.2, -0.15) is 0 Å². The average molecular weight is 325 g/mol. The average Bonchev–Trinajstić information content (AvgIpc) is 2.88. The molecule has 24 heavy (non-hydrogen) atoms. The molecule has 0 unspecified atom stereocenters. The van der Waals surface area contributed by atoms with E-state index in [1.54, 1.807) is 29.2 Å². The van der Waals surface area contributed by atoms with Crippen molar-refractivity contribution in [2.75, 3.05) is 16.8 Å². The van der Waals surface area contributed by atoms with Gasteiger partial charge in [0.1, 0.15) is 5.56 Å². The van der Waals surface area contributed by atoms with Crippen molar-refractivity contribution in [2.24, 2.45) is 0 Å². The molecular formula is C17H15N3O4. The predicted octanol–water partition coefficient (Wildman–Crippen LogP) is 2.76. The van der Waals surface area contributed by atoms with Gasteiger partial charge in [0, 0.05) is 24.0 Å². The Kier molecular flexibility index (Phi) is 3.99. The Morgan fingerprint density at radius 2 is 2.04 bits per heavy atom. The summed E-state index contributed by atoms with van der Waals surface area (Å²) in [6, 6.07) is 11.0. The first kappa shape index (κ1) is 15.7. The number of nitro benzene ring substituents is 1. The zero-order valence-electron chi connectivity index (χ0n) is 13.0. The predicted molar refractivity (Wildman–Crippen MR) is 89.2 cm³/mol. The van der Waals surface area contributed by atoms with Crippen LogP contribution in [0.25, 0.3) is 0 Å². The molecule has 2 aromatic carbocycles. The van der Waals surface area contributed by atoms with Gasteiger partial charge in [0.05, 0.1) is 11.3 Å². The molecule has 1 N–H and O–H groups in total. The molecule has 1 aliphatic heterocycles. The monoisotopic (exact) mass is 325 g/mol. The Bertz CT molecular complexity index is 847. The van der Waals surface area contributed by atoms with Gasteiger partial charge in [-0.3, -0.25) is 19.7 Å². The summed E-state index contributed by atoms with van der Waals surface area (Å²) in [5, 5.41) is 13.7. The summed E-state index contributed by atoms with van der Waals surface area (Å²) in [6.07, 6.45) is 0.290. The molecule has 0 spiro atoms. The number of carbonyl (C=O) groups excluding carboxylic acids is 2. The molecule has 2 aromatic rings. The Morgan fingerprint density at radius 3 is 2.75 bits per heavy atom. The molecule has 122 valence electrons. The number of nitro groups is 1. The number of benzene rings is 2. The molecular weight excluding hydrogens is 310 g/mol. The maximum atomic E-state index is 12.3. The lowest BCUT2D eigenvalue weighted by molar-refractivity contribution is -0.385. The van der Waals surface area contributed by atoms with Gasteiger partial charge in [-0.15, -0.1) is 0 Å². The van der Waals surface area contributed by atoms with Crippen LogP contribution in [0.15, 0.2) is 42.5 Å². The van der Waals surface area contributed by atoms with Gasteiger partial charge in [-0.25, -0.2) is 0 Å². The quantitative estimate of drug-likeness (QED) is 0.691. The van der Waals surface area contributed by atoms with Crippen molar-refractivity contribution < 1.29 is 14.5 Å². The van der Waals surface area contributed by atoms with Crippen LogP contribution < -0.4 is 10.2 Å². The lowest BCUT2D eigenvalue weighted by atomic mass is 10.1. The van der Waals surface area contributed by atoms with Crippen molar-refractivity contribution in [1.29, 1.82) is 0 Å². The zero-order valence-corrected chi connectivity index (χ0v) is 13.0. The third kappa shape index (κ3) is 2.71. The Labute approximate surface area is 138 Å². The second-order valence-corrected chi connectivity index (χ2v) is 5.39. The van der Waals surface area contributed by atoms with E-state index < -0.39 is 10.8 Å². The summed E-state index contributed by atoms with van der Waals surface area (Å²) in [5.74, 6) is -0.534. The van der Waals surface area contributed by atoms with E-state index in [4.69, 9.17) is 0 Å². The van der Waals surface area contributed by atoms with E-state index in [2.05, 4.69) is 5.32 Å². The number of nitrogens with one attached hydrogen (secondary N) is 1. The Morgan fingerprint density at radius 1 is 1.29 bits per heavy atom. The molecule has 0 fully saturated rings. The van der Waals surface area contributed by atoms with Gasteiger partial charge in [-0.05, 0) is 36.8 Å². The number of fused-ring (bicyclic) bond motifs is 1. The molecule has 1 heterocycles. The van der Waals surface area contributed by atoms with Crippen LogP contribution in [-0.4, -0.2) is 23.3 Å². The minimum Gasteiger partial charge on any atom is -0.322 e. The van der Waals surface area contributed by atoms with Crippen molar-refractivity contribution in [2.45, 2.75) is 13.3 Å². The van der Waals surface area contributed by atoms with Crippen molar-refractivity contribution in [3.8, 4) is 0 Å². The first-order chi connectivity index (χ1) is 11.5. The standard InChI is InChI=1S/C17H15N3O4/c1-2-19-14-8-7-12(9-11(14)10-16(19)21)18-17(22)13-5-3-4-6-15(13)20(23)24/h3-9H,2,10H2,1H3,(H,18,22). The van der Waals surface area contributed by atoms with Gasteiger partial charge in [0.15, 0.2) is 0 Å². The highest BCUT2D eigenvalue weighted by molar-refractivity contribution is 6.08. The van der Waals surface area contributed by atoms with E-state index in [1.165, 1.54) is 18.2 Å². The van der Waals surface area contributed by atoms with Gasteiger partial charge in [0.2, 0.25) is 5.91 Å². The zero-order chi connectivity index (χ0) is 17.3. The van der Waals surface area contributed by atoms with Crippen molar-refractivity contribution in [3.63, 3.8) is 0 Å². The van der Waals surface area contributed by atoms with E-state index in [-0.39, 0.29) is 17.2 Å². The Balaban J connectivity index is 1.86. The minimum absolute atomic E-state index is 0.00532. The molecule has 0 bridgehead atoms. The second kappa shape index (κ2) is 6.11. The van der Waals surface area contributed by atoms with Crippen molar-refractivity contribution >= 4 is 28.9 Å². The fraction of sp³-hybridized carbons (Fsp3) is 0.176. The number of rotatable bonds is 4.